The van der Waals surface area contributed by atoms with Gasteiger partial charge in [-0.1, -0.05) is 52.3 Å². The Balaban J connectivity index is 2.10. The van der Waals surface area contributed by atoms with Crippen LogP contribution in [0.15, 0.2) is 64.7 Å². The Labute approximate surface area is 135 Å². The molecule has 0 saturated carbocycles. The van der Waals surface area contributed by atoms with Crippen LogP contribution in [-0.2, 0) is 4.79 Å². The summed E-state index contributed by atoms with van der Waals surface area (Å²) < 4.78 is 0.728. The molecule has 0 spiro atoms. The van der Waals surface area contributed by atoms with E-state index >= 15 is 0 Å². The van der Waals surface area contributed by atoms with Crippen molar-refractivity contribution in [2.24, 2.45) is 0 Å². The Kier molecular flexibility index (Phi) is 3.77. The van der Waals surface area contributed by atoms with Gasteiger partial charge < -0.3 is 5.11 Å². The molecule has 108 valence electrons. The van der Waals surface area contributed by atoms with Gasteiger partial charge in [0.2, 0.25) is 11.6 Å². The van der Waals surface area contributed by atoms with Crippen LogP contribution in [-0.4, -0.2) is 16.7 Å². The van der Waals surface area contributed by atoms with Gasteiger partial charge in [0.25, 0.3) is 0 Å². The molecule has 0 bridgehead atoms. The number of carbonyl (C=O) groups excluding carboxylic acids is 2. The standard InChI is InChI=1S/C18H11BrO3/c19-12-7-9-13-15(10-12)16(20)14(18(22)17(13)21)8-6-11-4-2-1-3-5-11/h1-10,20H. The van der Waals surface area contributed by atoms with Crippen LogP contribution in [0.5, 0.6) is 0 Å². The maximum Gasteiger partial charge on any atom is 0.237 e. The number of fused-ring (bicyclic) bond motifs is 1. The highest BCUT2D eigenvalue weighted by molar-refractivity contribution is 9.10. The number of Topliss-reactive ketones (excluding diaryl/α,β-unsaturated/α-hetero) is 2. The molecule has 0 aromatic heterocycles. The van der Waals surface area contributed by atoms with Crippen LogP contribution in [0, 0.1) is 0 Å². The third-order valence-electron chi connectivity index (χ3n) is 3.43. The van der Waals surface area contributed by atoms with Crippen LogP contribution in [0.4, 0.5) is 0 Å². The van der Waals surface area contributed by atoms with Gasteiger partial charge >= 0.3 is 0 Å². The van der Waals surface area contributed by atoms with E-state index in [0.717, 1.165) is 10.0 Å². The molecule has 3 nitrogen and oxygen atoms in total. The molecule has 1 N–H and O–H groups in total. The van der Waals surface area contributed by atoms with Crippen LogP contribution in [0.25, 0.3) is 11.8 Å². The normalized spacial score (nSPS) is 14.6. The smallest absolute Gasteiger partial charge is 0.237 e. The van der Waals surface area contributed by atoms with Crippen molar-refractivity contribution in [2.45, 2.75) is 0 Å². The van der Waals surface area contributed by atoms with Gasteiger partial charge in [0.05, 0.1) is 5.57 Å². The molecule has 1 aliphatic rings. The number of carbonyl (C=O) groups is 2. The quantitative estimate of drug-likeness (QED) is 0.822. The highest BCUT2D eigenvalue weighted by atomic mass is 79.9. The monoisotopic (exact) mass is 354 g/mol. The fraction of sp³-hybridized carbons (Fsp3) is 0. The van der Waals surface area contributed by atoms with Crippen LogP contribution in [0.2, 0.25) is 0 Å². The molecule has 0 radical (unpaired) electrons. The zero-order chi connectivity index (χ0) is 15.7. The zero-order valence-electron chi connectivity index (χ0n) is 11.4. The average Bonchev–Trinajstić information content (AvgIpc) is 2.53. The summed E-state index contributed by atoms with van der Waals surface area (Å²) in [5.74, 6) is -1.47. The Bertz CT molecular complexity index is 833. The average molecular weight is 355 g/mol. The van der Waals surface area contributed by atoms with Gasteiger partial charge in [0.1, 0.15) is 5.76 Å². The second-order valence-corrected chi connectivity index (χ2v) is 5.77. The Morgan fingerprint density at radius 2 is 1.59 bits per heavy atom. The predicted molar refractivity (Wildman–Crippen MR) is 88.5 cm³/mol. The summed E-state index contributed by atoms with van der Waals surface area (Å²) in [4.78, 5) is 24.3. The summed E-state index contributed by atoms with van der Waals surface area (Å²) in [7, 11) is 0. The van der Waals surface area contributed by atoms with E-state index in [2.05, 4.69) is 15.9 Å². The summed E-state index contributed by atoms with van der Waals surface area (Å²) in [5, 5.41) is 10.3. The fourth-order valence-corrected chi connectivity index (χ4v) is 2.67. The third kappa shape index (κ3) is 2.53. The van der Waals surface area contributed by atoms with Crippen LogP contribution in [0.3, 0.4) is 0 Å². The molecule has 0 saturated heterocycles. The van der Waals surface area contributed by atoms with Crippen molar-refractivity contribution < 1.29 is 14.7 Å². The van der Waals surface area contributed by atoms with Crippen LogP contribution >= 0.6 is 15.9 Å². The van der Waals surface area contributed by atoms with Gasteiger partial charge in [-0.05, 0) is 29.8 Å². The lowest BCUT2D eigenvalue weighted by molar-refractivity contribution is -0.111. The lowest BCUT2D eigenvalue weighted by atomic mass is 9.88. The second-order valence-electron chi connectivity index (χ2n) is 4.85. The minimum atomic E-state index is -0.695. The van der Waals surface area contributed by atoms with Gasteiger partial charge in [-0.15, -0.1) is 0 Å². The maximum absolute atomic E-state index is 12.2. The van der Waals surface area contributed by atoms with Crippen molar-refractivity contribution in [3.05, 3.63) is 81.3 Å². The van der Waals surface area contributed by atoms with Gasteiger partial charge in [-0.2, -0.15) is 0 Å². The number of ketones is 2. The maximum atomic E-state index is 12.2. The molecule has 1 aliphatic carbocycles. The van der Waals surface area contributed by atoms with Crippen molar-refractivity contribution in [1.82, 2.24) is 0 Å². The van der Waals surface area contributed by atoms with Crippen LogP contribution < -0.4 is 0 Å². The topological polar surface area (TPSA) is 54.4 Å². The van der Waals surface area contributed by atoms with Gasteiger partial charge in [-0.3, -0.25) is 9.59 Å². The number of rotatable bonds is 2. The molecule has 0 heterocycles. The van der Waals surface area contributed by atoms with Crippen molar-refractivity contribution in [3.63, 3.8) is 0 Å². The molecule has 0 amide bonds. The predicted octanol–water partition coefficient (Wildman–Crippen LogP) is 4.20. The van der Waals surface area contributed by atoms with Crippen LogP contribution in [0.1, 0.15) is 21.5 Å². The first-order valence-corrected chi connectivity index (χ1v) is 7.42. The number of benzene rings is 2. The molecular weight excluding hydrogens is 344 g/mol. The van der Waals surface area contributed by atoms with E-state index in [4.69, 9.17) is 0 Å². The molecule has 0 atom stereocenters. The van der Waals surface area contributed by atoms with E-state index in [0.29, 0.717) is 5.56 Å². The molecule has 0 unspecified atom stereocenters. The molecule has 2 aromatic rings. The van der Waals surface area contributed by atoms with Gasteiger partial charge in [0.15, 0.2) is 0 Å². The first-order valence-electron chi connectivity index (χ1n) is 6.63. The molecule has 0 fully saturated rings. The Morgan fingerprint density at radius 1 is 0.864 bits per heavy atom. The molecular formula is C18H11BrO3. The van der Waals surface area contributed by atoms with Crippen molar-refractivity contribution in [3.8, 4) is 0 Å². The lowest BCUT2D eigenvalue weighted by Gasteiger charge is -2.16. The molecule has 4 heteroatoms. The fourth-order valence-electron chi connectivity index (χ4n) is 2.31. The van der Waals surface area contributed by atoms with E-state index in [1.165, 1.54) is 12.1 Å². The van der Waals surface area contributed by atoms with Gasteiger partial charge in [0, 0.05) is 15.6 Å². The van der Waals surface area contributed by atoms with E-state index in [9.17, 15) is 14.7 Å². The number of aliphatic hydroxyl groups excluding tert-OH is 1. The van der Waals surface area contributed by atoms with Crippen molar-refractivity contribution in [2.75, 3.05) is 0 Å². The summed E-state index contributed by atoms with van der Waals surface area (Å²) in [6, 6.07) is 14.2. The number of hydrogen-bond donors (Lipinski definition) is 1. The Morgan fingerprint density at radius 3 is 2.32 bits per heavy atom. The minimum absolute atomic E-state index is 0.0134. The lowest BCUT2D eigenvalue weighted by Crippen LogP contribution is -2.23. The van der Waals surface area contributed by atoms with E-state index in [1.54, 1.807) is 18.2 Å². The Hall–Kier alpha value is -2.46. The second kappa shape index (κ2) is 5.73. The summed E-state index contributed by atoms with van der Waals surface area (Å²) in [6.07, 6.45) is 3.18. The van der Waals surface area contributed by atoms with Crippen molar-refractivity contribution in [1.29, 1.82) is 0 Å². The number of allylic oxidation sites excluding steroid dienone is 2. The molecule has 22 heavy (non-hydrogen) atoms. The zero-order valence-corrected chi connectivity index (χ0v) is 13.0. The third-order valence-corrected chi connectivity index (χ3v) is 3.92. The molecule has 0 aliphatic heterocycles. The molecule has 3 rings (SSSR count). The van der Waals surface area contributed by atoms with Crippen molar-refractivity contribution >= 4 is 39.3 Å². The van der Waals surface area contributed by atoms with Gasteiger partial charge in [-0.25, -0.2) is 0 Å². The minimum Gasteiger partial charge on any atom is -0.507 e. The highest BCUT2D eigenvalue weighted by Crippen LogP contribution is 2.30. The first-order chi connectivity index (χ1) is 10.6. The molecule has 2 aromatic carbocycles. The SMILES string of the molecule is O=C1C(=O)c2ccc(Br)cc2C(O)=C1C=Cc1ccccc1. The first kappa shape index (κ1) is 14.5. The highest BCUT2D eigenvalue weighted by Gasteiger charge is 2.31. The summed E-state index contributed by atoms with van der Waals surface area (Å²) in [6.45, 7) is 0. The summed E-state index contributed by atoms with van der Waals surface area (Å²) >= 11 is 3.30. The number of aliphatic hydroxyl groups is 1. The summed E-state index contributed by atoms with van der Waals surface area (Å²) in [5.41, 5.74) is 1.48. The van der Waals surface area contributed by atoms with E-state index < -0.39 is 11.6 Å². The van der Waals surface area contributed by atoms with E-state index in [-0.39, 0.29) is 16.9 Å². The number of halogens is 1. The largest absolute Gasteiger partial charge is 0.507 e. The number of hydrogen-bond acceptors (Lipinski definition) is 3. The van der Waals surface area contributed by atoms with E-state index in [1.807, 2.05) is 30.3 Å².